The number of benzene rings is 2. The van der Waals surface area contributed by atoms with Gasteiger partial charge in [-0.05, 0) is 38.1 Å². The van der Waals surface area contributed by atoms with Crippen LogP contribution in [0.3, 0.4) is 0 Å². The van der Waals surface area contributed by atoms with Crippen LogP contribution < -0.4 is 10.2 Å². The molecule has 0 fully saturated rings. The van der Waals surface area contributed by atoms with Crippen molar-refractivity contribution in [2.45, 2.75) is 20.4 Å². The molecule has 0 aliphatic carbocycles. The van der Waals surface area contributed by atoms with Crippen molar-refractivity contribution >= 4 is 28.7 Å². The number of rotatable bonds is 6. The van der Waals surface area contributed by atoms with Crippen LogP contribution in [0.2, 0.25) is 0 Å². The van der Waals surface area contributed by atoms with Gasteiger partial charge in [-0.1, -0.05) is 30.3 Å². The van der Waals surface area contributed by atoms with E-state index in [-0.39, 0.29) is 18.1 Å². The average molecular weight is 379 g/mol. The summed E-state index contributed by atoms with van der Waals surface area (Å²) in [5.41, 5.74) is 3.05. The molecule has 3 rings (SSSR count). The van der Waals surface area contributed by atoms with Crippen LogP contribution in [0.15, 0.2) is 54.6 Å². The number of carbonyl (C=O) groups is 1. The van der Waals surface area contributed by atoms with Crippen molar-refractivity contribution in [2.75, 3.05) is 17.3 Å². The lowest BCUT2D eigenvalue weighted by molar-refractivity contribution is -0.386. The maximum Gasteiger partial charge on any atom is 0.312 e. The van der Waals surface area contributed by atoms with Crippen LogP contribution in [0.4, 0.5) is 22.7 Å². The lowest BCUT2D eigenvalue weighted by atomic mass is 10.2. The van der Waals surface area contributed by atoms with Gasteiger partial charge in [-0.25, -0.2) is 0 Å². The Morgan fingerprint density at radius 2 is 1.79 bits per heavy atom. The molecule has 2 aromatic carbocycles. The molecule has 8 nitrogen and oxygen atoms in total. The fraction of sp³-hybridized carbons (Fsp3) is 0.200. The molecule has 144 valence electrons. The molecule has 8 heteroatoms. The highest BCUT2D eigenvalue weighted by Gasteiger charge is 2.23. The molecule has 3 aromatic rings. The Bertz CT molecular complexity index is 1010. The lowest BCUT2D eigenvalue weighted by Crippen LogP contribution is -2.22. The highest BCUT2D eigenvalue weighted by atomic mass is 16.6. The minimum Gasteiger partial charge on any atom is -0.343 e. The van der Waals surface area contributed by atoms with Gasteiger partial charge in [0.05, 0.1) is 16.3 Å². The smallest absolute Gasteiger partial charge is 0.312 e. The molecule has 0 radical (unpaired) electrons. The maximum absolute atomic E-state index is 12.6. The van der Waals surface area contributed by atoms with Gasteiger partial charge in [0.1, 0.15) is 17.9 Å². The van der Waals surface area contributed by atoms with Gasteiger partial charge < -0.3 is 10.2 Å². The third-order valence-electron chi connectivity index (χ3n) is 4.50. The van der Waals surface area contributed by atoms with Crippen molar-refractivity contribution in [1.29, 1.82) is 0 Å². The van der Waals surface area contributed by atoms with Gasteiger partial charge in [0.15, 0.2) is 0 Å². The van der Waals surface area contributed by atoms with Crippen molar-refractivity contribution in [1.82, 2.24) is 9.78 Å². The van der Waals surface area contributed by atoms with Crippen molar-refractivity contribution in [2.24, 2.45) is 0 Å². The molecule has 0 atom stereocenters. The molecule has 0 aliphatic rings. The van der Waals surface area contributed by atoms with E-state index in [9.17, 15) is 14.9 Å². The summed E-state index contributed by atoms with van der Waals surface area (Å²) in [5.74, 6) is -0.311. The van der Waals surface area contributed by atoms with E-state index in [0.717, 1.165) is 11.4 Å². The first kappa shape index (κ1) is 19.1. The maximum atomic E-state index is 12.6. The van der Waals surface area contributed by atoms with Crippen LogP contribution in [0.5, 0.6) is 0 Å². The van der Waals surface area contributed by atoms with Crippen LogP contribution >= 0.6 is 0 Å². The van der Waals surface area contributed by atoms with E-state index >= 15 is 0 Å². The number of aryl methyl sites for hydroxylation is 1. The zero-order valence-electron chi connectivity index (χ0n) is 15.9. The molecule has 0 aliphatic heterocycles. The number of amides is 1. The fourth-order valence-corrected chi connectivity index (χ4v) is 3.09. The summed E-state index contributed by atoms with van der Waals surface area (Å²) >= 11 is 0. The molecule has 1 N–H and O–H groups in total. The second-order valence-electron chi connectivity index (χ2n) is 6.39. The number of hydrogen-bond donors (Lipinski definition) is 1. The summed E-state index contributed by atoms with van der Waals surface area (Å²) < 4.78 is 1.35. The van der Waals surface area contributed by atoms with Gasteiger partial charge in [0.2, 0.25) is 5.91 Å². The number of nitro groups is 1. The zero-order valence-corrected chi connectivity index (χ0v) is 15.9. The first-order valence-electron chi connectivity index (χ1n) is 8.74. The molecule has 1 amide bonds. The van der Waals surface area contributed by atoms with Gasteiger partial charge in [0.25, 0.3) is 0 Å². The van der Waals surface area contributed by atoms with Crippen molar-refractivity contribution in [3.8, 4) is 0 Å². The molecular formula is C20H21N5O3. The summed E-state index contributed by atoms with van der Waals surface area (Å²) in [5, 5.41) is 18.1. The summed E-state index contributed by atoms with van der Waals surface area (Å²) in [6.45, 7) is 3.04. The second kappa shape index (κ2) is 7.91. The SMILES string of the molecule is Cc1nn(CC(=O)Nc2ccccc2N(C)c2ccccc2)c(C)c1[N+](=O)[O-]. The molecule has 0 saturated heterocycles. The van der Waals surface area contributed by atoms with Gasteiger partial charge in [-0.2, -0.15) is 5.10 Å². The normalized spacial score (nSPS) is 10.5. The largest absolute Gasteiger partial charge is 0.343 e. The predicted octanol–water partition coefficient (Wildman–Crippen LogP) is 3.81. The van der Waals surface area contributed by atoms with Crippen molar-refractivity contribution < 1.29 is 9.72 Å². The molecule has 1 aromatic heterocycles. The molecule has 0 spiro atoms. The third kappa shape index (κ3) is 3.85. The number of nitrogens with zero attached hydrogens (tertiary/aromatic N) is 4. The highest BCUT2D eigenvalue weighted by molar-refractivity contribution is 5.95. The molecule has 0 unspecified atom stereocenters. The summed E-state index contributed by atoms with van der Waals surface area (Å²) in [7, 11) is 1.92. The Morgan fingerprint density at radius 1 is 1.14 bits per heavy atom. The van der Waals surface area contributed by atoms with E-state index in [2.05, 4.69) is 10.4 Å². The van der Waals surface area contributed by atoms with Crippen LogP contribution in [0.1, 0.15) is 11.4 Å². The minimum absolute atomic E-state index is 0.0583. The third-order valence-corrected chi connectivity index (χ3v) is 4.50. The van der Waals surface area contributed by atoms with E-state index in [1.54, 1.807) is 13.8 Å². The summed E-state index contributed by atoms with van der Waals surface area (Å²) in [6.07, 6.45) is 0. The van der Waals surface area contributed by atoms with Gasteiger partial charge in [-0.3, -0.25) is 19.6 Å². The lowest BCUT2D eigenvalue weighted by Gasteiger charge is -2.22. The first-order chi connectivity index (χ1) is 13.4. The molecule has 28 heavy (non-hydrogen) atoms. The van der Waals surface area contributed by atoms with Gasteiger partial charge in [0, 0.05) is 12.7 Å². The molecule has 0 bridgehead atoms. The zero-order chi connectivity index (χ0) is 20.3. The van der Waals surface area contributed by atoms with E-state index in [1.165, 1.54) is 4.68 Å². The van der Waals surface area contributed by atoms with E-state index < -0.39 is 4.92 Å². The average Bonchev–Trinajstić information content (AvgIpc) is 2.95. The quantitative estimate of drug-likeness (QED) is 0.519. The second-order valence-corrected chi connectivity index (χ2v) is 6.39. The molecule has 1 heterocycles. The van der Waals surface area contributed by atoms with Crippen LogP contribution in [-0.2, 0) is 11.3 Å². The van der Waals surface area contributed by atoms with Gasteiger partial charge >= 0.3 is 5.69 Å². The fourth-order valence-electron chi connectivity index (χ4n) is 3.09. The van der Waals surface area contributed by atoms with Crippen LogP contribution in [0.25, 0.3) is 0 Å². The summed E-state index contributed by atoms with van der Waals surface area (Å²) in [6, 6.07) is 17.3. The highest BCUT2D eigenvalue weighted by Crippen LogP contribution is 2.30. The Labute approximate surface area is 162 Å². The topological polar surface area (TPSA) is 93.3 Å². The molecular weight excluding hydrogens is 358 g/mol. The van der Waals surface area contributed by atoms with Crippen molar-refractivity contribution in [3.63, 3.8) is 0 Å². The number of nitrogens with one attached hydrogen (secondary N) is 1. The van der Waals surface area contributed by atoms with Gasteiger partial charge in [-0.15, -0.1) is 0 Å². The van der Waals surface area contributed by atoms with Crippen LogP contribution in [-0.4, -0.2) is 27.7 Å². The number of anilines is 3. The number of aromatic nitrogens is 2. The Hall–Kier alpha value is -3.68. The van der Waals surface area contributed by atoms with Crippen molar-refractivity contribution in [3.05, 3.63) is 76.1 Å². The van der Waals surface area contributed by atoms with E-state index in [0.29, 0.717) is 17.1 Å². The monoisotopic (exact) mass is 379 g/mol. The van der Waals surface area contributed by atoms with Crippen LogP contribution in [0, 0.1) is 24.0 Å². The Kier molecular flexibility index (Phi) is 5.39. The number of carbonyl (C=O) groups excluding carboxylic acids is 1. The number of hydrogen-bond acceptors (Lipinski definition) is 5. The van der Waals surface area contributed by atoms with E-state index in [1.807, 2.05) is 66.5 Å². The van der Waals surface area contributed by atoms with E-state index in [4.69, 9.17) is 0 Å². The minimum atomic E-state index is -0.476. The first-order valence-corrected chi connectivity index (χ1v) is 8.74. The predicted molar refractivity (Wildman–Crippen MR) is 108 cm³/mol. The number of para-hydroxylation sites is 3. The summed E-state index contributed by atoms with van der Waals surface area (Å²) in [4.78, 5) is 25.2. The molecule has 0 saturated carbocycles. The Balaban J connectivity index is 1.81. The standard InChI is InChI=1S/C20H21N5O3/c1-14-20(25(27)28)15(2)24(22-14)13-19(26)21-17-11-7-8-12-18(17)23(3)16-9-5-4-6-10-16/h4-12H,13H2,1-3H3,(H,21,26). The Morgan fingerprint density at radius 3 is 2.43 bits per heavy atom.